The molecular weight excluding hydrogens is 303 g/mol. The topological polar surface area (TPSA) is 62.2 Å². The summed E-state index contributed by atoms with van der Waals surface area (Å²) in [6.07, 6.45) is 4.22. The van der Waals surface area contributed by atoms with E-state index in [4.69, 9.17) is 5.11 Å². The Hall–Kier alpha value is -1.79. The van der Waals surface area contributed by atoms with Gasteiger partial charge < -0.3 is 10.4 Å². The van der Waals surface area contributed by atoms with Crippen LogP contribution in [-0.2, 0) is 0 Å². The molecule has 0 saturated heterocycles. The van der Waals surface area contributed by atoms with Crippen molar-refractivity contribution in [2.75, 3.05) is 6.61 Å². The lowest BCUT2D eigenvalue weighted by Crippen LogP contribution is -2.36. The quantitative estimate of drug-likeness (QED) is 0.860. The van der Waals surface area contributed by atoms with Crippen LogP contribution >= 0.6 is 11.3 Å². The van der Waals surface area contributed by atoms with Crippen LogP contribution in [0.25, 0.3) is 10.6 Å². The van der Waals surface area contributed by atoms with Gasteiger partial charge in [0.1, 0.15) is 15.7 Å². The Morgan fingerprint density at radius 3 is 2.91 bits per heavy atom. The summed E-state index contributed by atoms with van der Waals surface area (Å²) in [5.41, 5.74) is 0.403. The largest absolute Gasteiger partial charge is 0.396 e. The number of amides is 1. The summed E-state index contributed by atoms with van der Waals surface area (Å²) in [6, 6.07) is 6.39. The lowest BCUT2D eigenvalue weighted by molar-refractivity contribution is 0.0928. The van der Waals surface area contributed by atoms with Gasteiger partial charge in [0, 0.05) is 18.2 Å². The number of carbonyl (C=O) groups excluding carboxylic acids is 1. The number of carbonyl (C=O) groups is 1. The molecule has 1 atom stereocenters. The number of hydrogen-bond acceptors (Lipinski definition) is 4. The lowest BCUT2D eigenvalue weighted by Gasteiger charge is -2.16. The van der Waals surface area contributed by atoms with Crippen LogP contribution in [-0.4, -0.2) is 28.6 Å². The van der Waals surface area contributed by atoms with Gasteiger partial charge in [0.2, 0.25) is 0 Å². The maximum atomic E-state index is 13.7. The Balaban J connectivity index is 1.73. The van der Waals surface area contributed by atoms with Gasteiger partial charge in [0.05, 0.1) is 6.20 Å². The SMILES string of the molecule is O=C(NC(CCO)C1CC1)c1cnc(-c2ccccc2F)s1. The molecule has 2 aromatic rings. The first-order chi connectivity index (χ1) is 10.7. The molecule has 0 radical (unpaired) electrons. The molecule has 22 heavy (non-hydrogen) atoms. The summed E-state index contributed by atoms with van der Waals surface area (Å²) in [5, 5.41) is 12.5. The molecule has 1 aromatic carbocycles. The molecule has 1 unspecified atom stereocenters. The minimum Gasteiger partial charge on any atom is -0.396 e. The van der Waals surface area contributed by atoms with Crippen molar-refractivity contribution >= 4 is 17.2 Å². The van der Waals surface area contributed by atoms with E-state index in [1.54, 1.807) is 18.2 Å². The van der Waals surface area contributed by atoms with E-state index in [9.17, 15) is 9.18 Å². The van der Waals surface area contributed by atoms with Crippen molar-refractivity contribution in [1.82, 2.24) is 10.3 Å². The third kappa shape index (κ3) is 3.34. The van der Waals surface area contributed by atoms with Crippen LogP contribution < -0.4 is 5.32 Å². The number of nitrogens with zero attached hydrogens (tertiary/aromatic N) is 1. The second-order valence-electron chi connectivity index (χ2n) is 5.44. The Labute approximate surface area is 132 Å². The molecule has 116 valence electrons. The van der Waals surface area contributed by atoms with Crippen LogP contribution in [0.15, 0.2) is 30.5 Å². The molecule has 0 spiro atoms. The van der Waals surface area contributed by atoms with Crippen LogP contribution in [0.2, 0.25) is 0 Å². The zero-order chi connectivity index (χ0) is 15.5. The van der Waals surface area contributed by atoms with E-state index < -0.39 is 0 Å². The van der Waals surface area contributed by atoms with E-state index in [-0.39, 0.29) is 24.4 Å². The summed E-state index contributed by atoms with van der Waals surface area (Å²) in [6.45, 7) is 0.0601. The van der Waals surface area contributed by atoms with E-state index in [0.717, 1.165) is 12.8 Å². The first-order valence-electron chi connectivity index (χ1n) is 7.31. The van der Waals surface area contributed by atoms with Gasteiger partial charge in [-0.15, -0.1) is 11.3 Å². The molecule has 2 N–H and O–H groups in total. The Kier molecular flexibility index (Phi) is 4.49. The van der Waals surface area contributed by atoms with Gasteiger partial charge in [-0.3, -0.25) is 4.79 Å². The molecule has 0 aliphatic heterocycles. The molecule has 3 rings (SSSR count). The fourth-order valence-electron chi connectivity index (χ4n) is 2.44. The number of hydrogen-bond donors (Lipinski definition) is 2. The normalized spacial score (nSPS) is 15.5. The molecule has 1 fully saturated rings. The van der Waals surface area contributed by atoms with Gasteiger partial charge in [0.15, 0.2) is 0 Å². The maximum absolute atomic E-state index is 13.7. The van der Waals surface area contributed by atoms with E-state index in [1.165, 1.54) is 23.6 Å². The molecule has 1 amide bonds. The fraction of sp³-hybridized carbons (Fsp3) is 0.375. The number of benzene rings is 1. The molecule has 4 nitrogen and oxygen atoms in total. The number of aliphatic hydroxyl groups excluding tert-OH is 1. The third-order valence-electron chi connectivity index (χ3n) is 3.78. The van der Waals surface area contributed by atoms with Gasteiger partial charge in [-0.2, -0.15) is 0 Å². The minimum atomic E-state index is -0.347. The second kappa shape index (κ2) is 6.54. The average molecular weight is 320 g/mol. The summed E-state index contributed by atoms with van der Waals surface area (Å²) >= 11 is 1.17. The third-order valence-corrected chi connectivity index (χ3v) is 4.81. The molecule has 0 bridgehead atoms. The van der Waals surface area contributed by atoms with E-state index in [2.05, 4.69) is 10.3 Å². The predicted octanol–water partition coefficient (Wildman–Crippen LogP) is 2.84. The second-order valence-corrected chi connectivity index (χ2v) is 6.47. The summed E-state index contributed by atoms with van der Waals surface area (Å²) in [5.74, 6) is -0.0829. The van der Waals surface area contributed by atoms with Crippen molar-refractivity contribution in [3.63, 3.8) is 0 Å². The van der Waals surface area contributed by atoms with Crippen LogP contribution in [0.1, 0.15) is 28.9 Å². The average Bonchev–Trinajstić information content (AvgIpc) is 3.24. The van der Waals surface area contributed by atoms with Gasteiger partial charge in [-0.25, -0.2) is 9.37 Å². The van der Waals surface area contributed by atoms with E-state index in [0.29, 0.717) is 27.8 Å². The number of thiazole rings is 1. The van der Waals surface area contributed by atoms with Gasteiger partial charge in [-0.05, 0) is 37.3 Å². The Morgan fingerprint density at radius 1 is 1.45 bits per heavy atom. The first kappa shape index (κ1) is 15.1. The number of halogens is 1. The zero-order valence-electron chi connectivity index (χ0n) is 12.0. The molecule has 1 aliphatic rings. The van der Waals surface area contributed by atoms with E-state index >= 15 is 0 Å². The predicted molar refractivity (Wildman–Crippen MR) is 83.2 cm³/mol. The van der Waals surface area contributed by atoms with Crippen LogP contribution in [0, 0.1) is 11.7 Å². The fourth-order valence-corrected chi connectivity index (χ4v) is 3.29. The zero-order valence-corrected chi connectivity index (χ0v) is 12.8. The highest BCUT2D eigenvalue weighted by molar-refractivity contribution is 7.16. The summed E-state index contributed by atoms with van der Waals surface area (Å²) in [4.78, 5) is 16.9. The highest BCUT2D eigenvalue weighted by atomic mass is 32.1. The summed E-state index contributed by atoms with van der Waals surface area (Å²) in [7, 11) is 0. The van der Waals surface area contributed by atoms with Crippen molar-refractivity contribution in [1.29, 1.82) is 0 Å². The van der Waals surface area contributed by atoms with Gasteiger partial charge >= 0.3 is 0 Å². The number of rotatable bonds is 6. The summed E-state index contributed by atoms with van der Waals surface area (Å²) < 4.78 is 13.7. The smallest absolute Gasteiger partial charge is 0.263 e. The minimum absolute atomic E-state index is 0.0107. The molecule has 1 aromatic heterocycles. The lowest BCUT2D eigenvalue weighted by atomic mass is 10.1. The Morgan fingerprint density at radius 2 is 2.23 bits per heavy atom. The molecule has 6 heteroatoms. The van der Waals surface area contributed by atoms with Crippen LogP contribution in [0.4, 0.5) is 4.39 Å². The van der Waals surface area contributed by atoms with Crippen molar-refractivity contribution in [3.8, 4) is 10.6 Å². The Bertz CT molecular complexity index is 670. The molecular formula is C16H17FN2O2S. The van der Waals surface area contributed by atoms with Crippen molar-refractivity contribution in [2.24, 2.45) is 5.92 Å². The number of aliphatic hydroxyl groups is 1. The van der Waals surface area contributed by atoms with Crippen LogP contribution in [0.5, 0.6) is 0 Å². The van der Waals surface area contributed by atoms with Crippen molar-refractivity contribution < 1.29 is 14.3 Å². The maximum Gasteiger partial charge on any atom is 0.263 e. The van der Waals surface area contributed by atoms with Crippen molar-refractivity contribution in [3.05, 3.63) is 41.2 Å². The standard InChI is InChI=1S/C16H17FN2O2S/c17-12-4-2-1-3-11(12)16-18-9-14(22-16)15(21)19-13(7-8-20)10-5-6-10/h1-4,9-10,13,20H,5-8H2,(H,19,21). The number of nitrogens with one attached hydrogen (secondary N) is 1. The van der Waals surface area contributed by atoms with Crippen LogP contribution in [0.3, 0.4) is 0 Å². The monoisotopic (exact) mass is 320 g/mol. The molecule has 1 saturated carbocycles. The first-order valence-corrected chi connectivity index (χ1v) is 8.13. The number of aromatic nitrogens is 1. The molecule has 1 aliphatic carbocycles. The molecule has 1 heterocycles. The highest BCUT2D eigenvalue weighted by Crippen LogP contribution is 2.34. The highest BCUT2D eigenvalue weighted by Gasteiger charge is 2.32. The van der Waals surface area contributed by atoms with Crippen molar-refractivity contribution in [2.45, 2.75) is 25.3 Å². The van der Waals surface area contributed by atoms with E-state index in [1.807, 2.05) is 0 Å². The van der Waals surface area contributed by atoms with Gasteiger partial charge in [-0.1, -0.05) is 12.1 Å². The van der Waals surface area contributed by atoms with Gasteiger partial charge in [0.25, 0.3) is 5.91 Å².